The Morgan fingerprint density at radius 3 is 2.46 bits per heavy atom. The van der Waals surface area contributed by atoms with Crippen LogP contribution in [-0.4, -0.2) is 22.8 Å². The molecule has 0 spiro atoms. The molecule has 1 unspecified atom stereocenters. The van der Waals surface area contributed by atoms with Crippen molar-refractivity contribution in [3.8, 4) is 0 Å². The summed E-state index contributed by atoms with van der Waals surface area (Å²) in [4.78, 5) is 20.9. The fourth-order valence-electron chi connectivity index (χ4n) is 0.475. The summed E-state index contributed by atoms with van der Waals surface area (Å²) in [5, 5.41) is 8.19. The molecule has 0 aromatic rings. The SMILES string of the molecule is CCC(C)(N)OC(=O)/C=C/C(=O)O. The van der Waals surface area contributed by atoms with Crippen LogP contribution < -0.4 is 5.73 Å². The predicted molar refractivity (Wildman–Crippen MR) is 45.8 cm³/mol. The number of hydrogen-bond donors (Lipinski definition) is 2. The lowest BCUT2D eigenvalue weighted by Crippen LogP contribution is -2.40. The normalized spacial score (nSPS) is 15.3. The van der Waals surface area contributed by atoms with Gasteiger partial charge in [0.2, 0.25) is 0 Å². The van der Waals surface area contributed by atoms with Gasteiger partial charge in [-0.2, -0.15) is 0 Å². The van der Waals surface area contributed by atoms with Crippen molar-refractivity contribution < 1.29 is 19.4 Å². The molecular formula is C8H13NO4. The Morgan fingerprint density at radius 2 is 2.08 bits per heavy atom. The minimum Gasteiger partial charge on any atom is -0.478 e. The monoisotopic (exact) mass is 187 g/mol. The molecule has 0 aliphatic rings. The second-order valence-corrected chi connectivity index (χ2v) is 2.76. The molecule has 74 valence electrons. The van der Waals surface area contributed by atoms with E-state index in [2.05, 4.69) is 0 Å². The number of esters is 1. The van der Waals surface area contributed by atoms with E-state index >= 15 is 0 Å². The smallest absolute Gasteiger partial charge is 0.332 e. The third-order valence-electron chi connectivity index (χ3n) is 1.40. The predicted octanol–water partition coefficient (Wildman–Crippen LogP) is 0.255. The summed E-state index contributed by atoms with van der Waals surface area (Å²) in [6.45, 7) is 3.30. The van der Waals surface area contributed by atoms with Crippen LogP contribution in [0.25, 0.3) is 0 Å². The molecule has 0 amide bonds. The number of carbonyl (C=O) groups is 2. The first kappa shape index (κ1) is 11.6. The highest BCUT2D eigenvalue weighted by Gasteiger charge is 2.19. The van der Waals surface area contributed by atoms with Crippen molar-refractivity contribution in [1.82, 2.24) is 0 Å². The molecule has 0 aliphatic heterocycles. The van der Waals surface area contributed by atoms with Crippen LogP contribution in [0.4, 0.5) is 0 Å². The first-order valence-corrected chi connectivity index (χ1v) is 3.80. The Labute approximate surface area is 76.2 Å². The van der Waals surface area contributed by atoms with Gasteiger partial charge in [-0.3, -0.25) is 5.73 Å². The fourth-order valence-corrected chi connectivity index (χ4v) is 0.475. The Hall–Kier alpha value is -1.36. The third-order valence-corrected chi connectivity index (χ3v) is 1.40. The van der Waals surface area contributed by atoms with Crippen LogP contribution in [-0.2, 0) is 14.3 Å². The van der Waals surface area contributed by atoms with E-state index in [4.69, 9.17) is 15.6 Å². The van der Waals surface area contributed by atoms with Gasteiger partial charge in [0.05, 0.1) is 0 Å². The first-order valence-electron chi connectivity index (χ1n) is 3.80. The second-order valence-electron chi connectivity index (χ2n) is 2.76. The summed E-state index contributed by atoms with van der Waals surface area (Å²) in [6.07, 6.45) is 1.98. The number of aliphatic carboxylic acids is 1. The average molecular weight is 187 g/mol. The van der Waals surface area contributed by atoms with Gasteiger partial charge in [-0.05, 0) is 13.3 Å². The molecule has 3 N–H and O–H groups in total. The molecule has 5 heteroatoms. The fraction of sp³-hybridized carbons (Fsp3) is 0.500. The molecule has 1 atom stereocenters. The van der Waals surface area contributed by atoms with Gasteiger partial charge in [-0.25, -0.2) is 9.59 Å². The number of nitrogens with two attached hydrogens (primary N) is 1. The number of carboxylic acids is 1. The highest BCUT2D eigenvalue weighted by molar-refractivity contribution is 5.90. The topological polar surface area (TPSA) is 89.6 Å². The molecule has 0 fully saturated rings. The lowest BCUT2D eigenvalue weighted by Gasteiger charge is -2.21. The maximum atomic E-state index is 10.9. The van der Waals surface area contributed by atoms with Gasteiger partial charge in [-0.1, -0.05) is 6.92 Å². The van der Waals surface area contributed by atoms with Crippen LogP contribution in [0.3, 0.4) is 0 Å². The van der Waals surface area contributed by atoms with E-state index < -0.39 is 17.7 Å². The Balaban J connectivity index is 4.09. The summed E-state index contributed by atoms with van der Waals surface area (Å²) in [7, 11) is 0. The van der Waals surface area contributed by atoms with Crippen molar-refractivity contribution in [3.05, 3.63) is 12.2 Å². The van der Waals surface area contributed by atoms with E-state index in [9.17, 15) is 9.59 Å². The molecule has 0 rings (SSSR count). The molecule has 13 heavy (non-hydrogen) atoms. The average Bonchev–Trinajstić information content (AvgIpc) is 2.00. The molecule has 5 nitrogen and oxygen atoms in total. The van der Waals surface area contributed by atoms with E-state index in [1.807, 2.05) is 0 Å². The Bertz CT molecular complexity index is 232. The Kier molecular flexibility index (Phi) is 4.13. The van der Waals surface area contributed by atoms with E-state index in [-0.39, 0.29) is 0 Å². The van der Waals surface area contributed by atoms with Crippen molar-refractivity contribution in [3.63, 3.8) is 0 Å². The number of carboxylic acid groups (broad SMARTS) is 1. The quantitative estimate of drug-likeness (QED) is 0.374. The zero-order valence-electron chi connectivity index (χ0n) is 7.61. The summed E-state index contributed by atoms with van der Waals surface area (Å²) in [5.41, 5.74) is 4.46. The molecular weight excluding hydrogens is 174 g/mol. The largest absolute Gasteiger partial charge is 0.478 e. The van der Waals surface area contributed by atoms with Crippen molar-refractivity contribution in [2.24, 2.45) is 5.73 Å². The van der Waals surface area contributed by atoms with Crippen molar-refractivity contribution in [2.75, 3.05) is 0 Å². The number of rotatable bonds is 4. The minimum atomic E-state index is -1.20. The van der Waals surface area contributed by atoms with Crippen molar-refractivity contribution in [2.45, 2.75) is 26.0 Å². The zero-order chi connectivity index (χ0) is 10.5. The maximum absolute atomic E-state index is 10.9. The van der Waals surface area contributed by atoms with Gasteiger partial charge in [0.25, 0.3) is 0 Å². The van der Waals surface area contributed by atoms with Crippen molar-refractivity contribution in [1.29, 1.82) is 0 Å². The molecule has 0 bridgehead atoms. The summed E-state index contributed by atoms with van der Waals surface area (Å²) < 4.78 is 4.73. The zero-order valence-corrected chi connectivity index (χ0v) is 7.61. The summed E-state index contributed by atoms with van der Waals surface area (Å²) in [6, 6.07) is 0. The molecule has 0 saturated carbocycles. The third kappa shape index (κ3) is 5.86. The molecule has 0 heterocycles. The molecule has 0 aliphatic carbocycles. The van der Waals surface area contributed by atoms with Crippen LogP contribution in [0.1, 0.15) is 20.3 Å². The van der Waals surface area contributed by atoms with E-state index in [1.165, 1.54) is 0 Å². The standard InChI is InChI=1S/C8H13NO4/c1-3-8(2,9)13-7(12)5-4-6(10)11/h4-5H,3,9H2,1-2H3,(H,10,11)/b5-4+. The first-order chi connectivity index (χ1) is 5.87. The van der Waals surface area contributed by atoms with Gasteiger partial charge in [0.15, 0.2) is 5.72 Å². The lowest BCUT2D eigenvalue weighted by atomic mass is 10.2. The second kappa shape index (κ2) is 4.61. The maximum Gasteiger partial charge on any atom is 0.332 e. The number of ether oxygens (including phenoxy) is 1. The van der Waals surface area contributed by atoms with Crippen LogP contribution >= 0.6 is 0 Å². The summed E-state index contributed by atoms with van der Waals surface area (Å²) >= 11 is 0. The van der Waals surface area contributed by atoms with Crippen LogP contribution in [0.15, 0.2) is 12.2 Å². The minimum absolute atomic E-state index is 0.458. The van der Waals surface area contributed by atoms with Crippen LogP contribution in [0, 0.1) is 0 Å². The van der Waals surface area contributed by atoms with Crippen LogP contribution in [0.5, 0.6) is 0 Å². The van der Waals surface area contributed by atoms with E-state index in [1.54, 1.807) is 13.8 Å². The number of hydrogen-bond acceptors (Lipinski definition) is 4. The lowest BCUT2D eigenvalue weighted by molar-refractivity contribution is -0.151. The van der Waals surface area contributed by atoms with Gasteiger partial charge in [0.1, 0.15) is 0 Å². The van der Waals surface area contributed by atoms with Crippen LogP contribution in [0.2, 0.25) is 0 Å². The van der Waals surface area contributed by atoms with Gasteiger partial charge >= 0.3 is 11.9 Å². The molecule has 0 aromatic carbocycles. The van der Waals surface area contributed by atoms with Gasteiger partial charge < -0.3 is 9.84 Å². The van der Waals surface area contributed by atoms with E-state index in [0.29, 0.717) is 12.5 Å². The molecule has 0 saturated heterocycles. The summed E-state index contributed by atoms with van der Waals surface area (Å²) in [5.74, 6) is -1.96. The van der Waals surface area contributed by atoms with Gasteiger partial charge in [-0.15, -0.1) is 0 Å². The van der Waals surface area contributed by atoms with Crippen molar-refractivity contribution >= 4 is 11.9 Å². The van der Waals surface area contributed by atoms with E-state index in [0.717, 1.165) is 6.08 Å². The Morgan fingerprint density at radius 1 is 1.54 bits per heavy atom. The molecule has 0 radical (unpaired) electrons. The highest BCUT2D eigenvalue weighted by Crippen LogP contribution is 2.06. The molecule has 0 aromatic heterocycles. The highest BCUT2D eigenvalue weighted by atomic mass is 16.6. The number of carbonyl (C=O) groups excluding carboxylic acids is 1. The van der Waals surface area contributed by atoms with Gasteiger partial charge in [0, 0.05) is 12.2 Å².